The van der Waals surface area contributed by atoms with Crippen molar-refractivity contribution in [1.82, 2.24) is 10.3 Å². The molecule has 1 aromatic heterocycles. The van der Waals surface area contributed by atoms with Crippen molar-refractivity contribution in [2.75, 3.05) is 20.8 Å². The third-order valence-corrected chi connectivity index (χ3v) is 5.57. The van der Waals surface area contributed by atoms with Crippen molar-refractivity contribution in [1.29, 1.82) is 0 Å². The first-order valence-corrected chi connectivity index (χ1v) is 10.4. The lowest BCUT2D eigenvalue weighted by Gasteiger charge is -2.18. The van der Waals surface area contributed by atoms with Gasteiger partial charge < -0.3 is 24.9 Å². The van der Waals surface area contributed by atoms with Gasteiger partial charge in [0.05, 0.1) is 26.9 Å². The van der Waals surface area contributed by atoms with Crippen molar-refractivity contribution < 1.29 is 19.4 Å². The highest BCUT2D eigenvalue weighted by Crippen LogP contribution is 2.35. The molecule has 0 aliphatic carbocycles. The van der Waals surface area contributed by atoms with Gasteiger partial charge in [-0.1, -0.05) is 36.4 Å². The van der Waals surface area contributed by atoms with Crippen LogP contribution in [0.2, 0.25) is 0 Å². The van der Waals surface area contributed by atoms with E-state index in [0.717, 1.165) is 27.6 Å². The lowest BCUT2D eigenvalue weighted by atomic mass is 9.97. The molecule has 0 aliphatic heterocycles. The van der Waals surface area contributed by atoms with E-state index in [-0.39, 0.29) is 12.5 Å². The summed E-state index contributed by atoms with van der Waals surface area (Å²) in [7, 11) is 3.19. The molecule has 0 saturated heterocycles. The molecule has 3 aromatic carbocycles. The Morgan fingerprint density at radius 2 is 1.78 bits per heavy atom. The van der Waals surface area contributed by atoms with E-state index in [9.17, 15) is 9.90 Å². The Bertz CT molecular complexity index is 1230. The second-order valence-electron chi connectivity index (χ2n) is 7.53. The fraction of sp³-hybridized carbons (Fsp3) is 0.192. The van der Waals surface area contributed by atoms with E-state index in [1.165, 1.54) is 0 Å². The summed E-state index contributed by atoms with van der Waals surface area (Å²) in [5.74, 6) is 1.05. The predicted molar refractivity (Wildman–Crippen MR) is 125 cm³/mol. The fourth-order valence-electron chi connectivity index (χ4n) is 3.93. The number of aromatic nitrogens is 1. The van der Waals surface area contributed by atoms with Gasteiger partial charge >= 0.3 is 0 Å². The number of ether oxygens (including phenoxy) is 2. The summed E-state index contributed by atoms with van der Waals surface area (Å²) in [6.07, 6.45) is 2.44. The first-order chi connectivity index (χ1) is 15.6. The largest absolute Gasteiger partial charge is 0.497 e. The van der Waals surface area contributed by atoms with Gasteiger partial charge in [0.1, 0.15) is 11.5 Å². The highest BCUT2D eigenvalue weighted by molar-refractivity contribution is 6.01. The van der Waals surface area contributed by atoms with Gasteiger partial charge in [-0.15, -0.1) is 0 Å². The number of amides is 1. The number of nitrogens with one attached hydrogen (secondary N) is 2. The molecular formula is C26H26N2O4. The molecule has 0 saturated carbocycles. The van der Waals surface area contributed by atoms with Crippen molar-refractivity contribution in [3.8, 4) is 22.6 Å². The number of rotatable bonds is 8. The zero-order valence-electron chi connectivity index (χ0n) is 18.1. The fourth-order valence-corrected chi connectivity index (χ4v) is 3.93. The first-order valence-electron chi connectivity index (χ1n) is 10.4. The van der Waals surface area contributed by atoms with Crippen LogP contribution in [-0.4, -0.2) is 42.9 Å². The van der Waals surface area contributed by atoms with Crippen LogP contribution in [0.1, 0.15) is 15.9 Å². The number of hydrogen-bond donors (Lipinski definition) is 3. The molecule has 164 valence electrons. The summed E-state index contributed by atoms with van der Waals surface area (Å²) in [4.78, 5) is 16.5. The number of hydrogen-bond acceptors (Lipinski definition) is 4. The Morgan fingerprint density at radius 3 is 2.56 bits per heavy atom. The Kier molecular flexibility index (Phi) is 6.42. The monoisotopic (exact) mass is 430 g/mol. The van der Waals surface area contributed by atoms with Gasteiger partial charge in [0, 0.05) is 28.2 Å². The van der Waals surface area contributed by atoms with Gasteiger partial charge in [0.2, 0.25) is 0 Å². The minimum absolute atomic E-state index is 0.171. The smallest absolute Gasteiger partial charge is 0.252 e. The van der Waals surface area contributed by atoms with Crippen LogP contribution in [0.15, 0.2) is 72.9 Å². The van der Waals surface area contributed by atoms with Crippen LogP contribution < -0.4 is 14.8 Å². The maximum absolute atomic E-state index is 13.3. The highest BCUT2D eigenvalue weighted by Gasteiger charge is 2.20. The Morgan fingerprint density at radius 1 is 1.00 bits per heavy atom. The lowest BCUT2D eigenvalue weighted by molar-refractivity contribution is 0.0917. The van der Waals surface area contributed by atoms with Gasteiger partial charge in [-0.2, -0.15) is 0 Å². The number of aromatic amines is 1. The number of para-hydroxylation sites is 1. The Balaban J connectivity index is 1.61. The van der Waals surface area contributed by atoms with Crippen molar-refractivity contribution in [2.45, 2.75) is 12.5 Å². The summed E-state index contributed by atoms with van der Waals surface area (Å²) < 4.78 is 10.9. The molecular weight excluding hydrogens is 404 g/mol. The van der Waals surface area contributed by atoms with E-state index in [2.05, 4.69) is 10.3 Å². The van der Waals surface area contributed by atoms with Crippen LogP contribution in [-0.2, 0) is 6.42 Å². The second kappa shape index (κ2) is 9.58. The van der Waals surface area contributed by atoms with Gasteiger partial charge in [-0.25, -0.2) is 0 Å². The van der Waals surface area contributed by atoms with Crippen LogP contribution in [0.3, 0.4) is 0 Å². The van der Waals surface area contributed by atoms with Crippen LogP contribution in [0, 0.1) is 0 Å². The van der Waals surface area contributed by atoms with E-state index < -0.39 is 6.04 Å². The predicted octanol–water partition coefficient (Wildman–Crippen LogP) is 4.19. The molecule has 6 nitrogen and oxygen atoms in total. The van der Waals surface area contributed by atoms with E-state index in [1.807, 2.05) is 66.9 Å². The normalized spacial score (nSPS) is 11.8. The van der Waals surface area contributed by atoms with E-state index in [1.54, 1.807) is 20.3 Å². The Labute approximate surface area is 186 Å². The molecule has 0 unspecified atom stereocenters. The van der Waals surface area contributed by atoms with Crippen molar-refractivity contribution >= 4 is 16.8 Å². The van der Waals surface area contributed by atoms with E-state index >= 15 is 0 Å². The number of aliphatic hydroxyl groups excluding tert-OH is 1. The highest BCUT2D eigenvalue weighted by atomic mass is 16.5. The van der Waals surface area contributed by atoms with Gasteiger partial charge in [0.15, 0.2) is 0 Å². The first kappa shape index (κ1) is 21.5. The number of H-pyrrole nitrogens is 1. The zero-order valence-corrected chi connectivity index (χ0v) is 18.1. The summed E-state index contributed by atoms with van der Waals surface area (Å²) >= 11 is 0. The summed E-state index contributed by atoms with van der Waals surface area (Å²) in [5, 5.41) is 14.0. The lowest BCUT2D eigenvalue weighted by Crippen LogP contribution is -2.39. The SMILES string of the molecule is COc1ccc(OC)c(-c2ccccc2C(=O)N[C@@H](CO)Cc2c[nH]c3ccccc23)c1. The van der Waals surface area contributed by atoms with Gasteiger partial charge in [-0.05, 0) is 47.9 Å². The van der Waals surface area contributed by atoms with E-state index in [0.29, 0.717) is 23.5 Å². The number of benzene rings is 3. The number of carbonyl (C=O) groups is 1. The summed E-state index contributed by atoms with van der Waals surface area (Å²) in [6.45, 7) is -0.171. The summed E-state index contributed by atoms with van der Waals surface area (Å²) in [6, 6.07) is 20.4. The van der Waals surface area contributed by atoms with Crippen molar-refractivity contribution in [3.05, 3.63) is 84.1 Å². The zero-order chi connectivity index (χ0) is 22.5. The molecule has 1 atom stereocenters. The molecule has 4 rings (SSSR count). The molecule has 32 heavy (non-hydrogen) atoms. The number of methoxy groups -OCH3 is 2. The van der Waals surface area contributed by atoms with Crippen LogP contribution >= 0.6 is 0 Å². The quantitative estimate of drug-likeness (QED) is 0.392. The van der Waals surface area contributed by atoms with Crippen LogP contribution in [0.5, 0.6) is 11.5 Å². The standard InChI is InChI=1S/C26H26N2O4/c1-31-19-11-12-25(32-2)23(14-19)21-8-3-4-9-22(21)26(30)28-18(16-29)13-17-15-27-24-10-6-5-7-20(17)24/h3-12,14-15,18,27,29H,13,16H2,1-2H3,(H,28,30)/t18-/m1/s1. The molecule has 0 bridgehead atoms. The molecule has 0 aliphatic rings. The maximum atomic E-state index is 13.3. The molecule has 0 spiro atoms. The molecule has 3 N–H and O–H groups in total. The third-order valence-electron chi connectivity index (χ3n) is 5.57. The van der Waals surface area contributed by atoms with Crippen LogP contribution in [0.4, 0.5) is 0 Å². The van der Waals surface area contributed by atoms with Crippen LogP contribution in [0.25, 0.3) is 22.0 Å². The average Bonchev–Trinajstić information content (AvgIpc) is 3.25. The van der Waals surface area contributed by atoms with Crippen molar-refractivity contribution in [3.63, 3.8) is 0 Å². The number of carbonyl (C=O) groups excluding carboxylic acids is 1. The van der Waals surface area contributed by atoms with Gasteiger partial charge in [-0.3, -0.25) is 4.79 Å². The maximum Gasteiger partial charge on any atom is 0.252 e. The third kappa shape index (κ3) is 4.31. The number of aliphatic hydroxyl groups is 1. The topological polar surface area (TPSA) is 83.6 Å². The minimum atomic E-state index is -0.429. The van der Waals surface area contributed by atoms with Crippen molar-refractivity contribution in [2.24, 2.45) is 0 Å². The average molecular weight is 431 g/mol. The Hall–Kier alpha value is -3.77. The number of fused-ring (bicyclic) bond motifs is 1. The molecule has 0 fully saturated rings. The minimum Gasteiger partial charge on any atom is -0.497 e. The molecule has 1 amide bonds. The molecule has 6 heteroatoms. The molecule has 4 aromatic rings. The molecule has 1 heterocycles. The van der Waals surface area contributed by atoms with Gasteiger partial charge in [0.25, 0.3) is 5.91 Å². The summed E-state index contributed by atoms with van der Waals surface area (Å²) in [5.41, 5.74) is 4.06. The molecule has 0 radical (unpaired) electrons. The van der Waals surface area contributed by atoms with E-state index in [4.69, 9.17) is 9.47 Å². The second-order valence-corrected chi connectivity index (χ2v) is 7.53.